The van der Waals surface area contributed by atoms with Gasteiger partial charge < -0.3 is 9.73 Å². The third-order valence-corrected chi connectivity index (χ3v) is 2.91. The first-order valence-corrected chi connectivity index (χ1v) is 5.94. The average molecular weight is 255 g/mol. The Morgan fingerprint density at radius 3 is 2.89 bits per heavy atom. The van der Waals surface area contributed by atoms with Crippen molar-refractivity contribution in [1.29, 1.82) is 0 Å². The van der Waals surface area contributed by atoms with E-state index in [4.69, 9.17) is 4.42 Å². The van der Waals surface area contributed by atoms with Crippen molar-refractivity contribution in [1.82, 2.24) is 20.2 Å². The third-order valence-electron chi connectivity index (χ3n) is 2.91. The second kappa shape index (κ2) is 4.93. The van der Waals surface area contributed by atoms with Gasteiger partial charge in [-0.25, -0.2) is 0 Å². The molecule has 0 aliphatic rings. The van der Waals surface area contributed by atoms with Crippen molar-refractivity contribution in [2.24, 2.45) is 0 Å². The van der Waals surface area contributed by atoms with E-state index in [1.54, 1.807) is 17.3 Å². The molecule has 0 saturated carbocycles. The number of para-hydroxylation sites is 2. The van der Waals surface area contributed by atoms with E-state index in [1.807, 2.05) is 37.3 Å². The van der Waals surface area contributed by atoms with E-state index in [-0.39, 0.29) is 0 Å². The van der Waals surface area contributed by atoms with Gasteiger partial charge in [0.05, 0.1) is 24.2 Å². The van der Waals surface area contributed by atoms with Crippen molar-refractivity contribution < 1.29 is 4.42 Å². The first-order chi connectivity index (χ1) is 9.34. The van der Waals surface area contributed by atoms with Crippen LogP contribution in [-0.4, -0.2) is 20.2 Å². The number of aromatic nitrogens is 4. The van der Waals surface area contributed by atoms with Crippen LogP contribution in [-0.2, 0) is 6.54 Å². The highest BCUT2D eigenvalue weighted by molar-refractivity contribution is 5.60. The lowest BCUT2D eigenvalue weighted by molar-refractivity contribution is 0.515. The van der Waals surface area contributed by atoms with Gasteiger partial charge in [-0.05, 0) is 41.1 Å². The highest BCUT2D eigenvalue weighted by atomic mass is 16.3. The Labute approximate surface area is 110 Å². The molecule has 0 aliphatic heterocycles. The van der Waals surface area contributed by atoms with Crippen LogP contribution in [0, 0.1) is 6.92 Å². The molecule has 2 aromatic heterocycles. The first kappa shape index (κ1) is 11.5. The summed E-state index contributed by atoms with van der Waals surface area (Å²) in [7, 11) is 0. The Morgan fingerprint density at radius 2 is 2.16 bits per heavy atom. The molecular formula is C13H13N5O. The van der Waals surface area contributed by atoms with Crippen LogP contribution >= 0.6 is 0 Å². The molecule has 0 unspecified atom stereocenters. The zero-order valence-electron chi connectivity index (χ0n) is 10.4. The molecule has 19 heavy (non-hydrogen) atoms. The van der Waals surface area contributed by atoms with Crippen molar-refractivity contribution in [2.75, 3.05) is 5.32 Å². The Morgan fingerprint density at radius 1 is 1.26 bits per heavy atom. The molecular weight excluding hydrogens is 242 g/mol. The van der Waals surface area contributed by atoms with Crippen LogP contribution in [0.2, 0.25) is 0 Å². The zero-order valence-corrected chi connectivity index (χ0v) is 10.4. The van der Waals surface area contributed by atoms with Gasteiger partial charge in [-0.3, -0.25) is 0 Å². The van der Waals surface area contributed by atoms with Crippen LogP contribution in [0.3, 0.4) is 0 Å². The SMILES string of the molecule is Cc1ccoc1CNc1ccccc1-n1cnnn1. The molecule has 6 heteroatoms. The molecule has 1 aromatic carbocycles. The smallest absolute Gasteiger partial charge is 0.143 e. The molecule has 3 rings (SSSR count). The summed E-state index contributed by atoms with van der Waals surface area (Å²) in [5.74, 6) is 0.923. The molecule has 2 heterocycles. The maximum atomic E-state index is 5.41. The summed E-state index contributed by atoms with van der Waals surface area (Å²) >= 11 is 0. The minimum atomic E-state index is 0.623. The quantitative estimate of drug-likeness (QED) is 0.773. The van der Waals surface area contributed by atoms with Crippen LogP contribution in [0.1, 0.15) is 11.3 Å². The third kappa shape index (κ3) is 2.33. The number of tetrazole rings is 1. The summed E-state index contributed by atoms with van der Waals surface area (Å²) in [5.41, 5.74) is 2.98. The highest BCUT2D eigenvalue weighted by Crippen LogP contribution is 2.20. The Balaban J connectivity index is 1.84. The Hall–Kier alpha value is -2.63. The van der Waals surface area contributed by atoms with Crippen molar-refractivity contribution in [3.63, 3.8) is 0 Å². The highest BCUT2D eigenvalue weighted by Gasteiger charge is 2.06. The number of rotatable bonds is 4. The molecule has 0 bridgehead atoms. The summed E-state index contributed by atoms with van der Waals surface area (Å²) in [4.78, 5) is 0. The van der Waals surface area contributed by atoms with Gasteiger partial charge in [-0.15, -0.1) is 5.10 Å². The number of furan rings is 1. The van der Waals surface area contributed by atoms with Crippen molar-refractivity contribution in [3.8, 4) is 5.69 Å². The van der Waals surface area contributed by atoms with E-state index in [0.717, 1.165) is 22.7 Å². The normalized spacial score (nSPS) is 10.6. The fraction of sp³-hybridized carbons (Fsp3) is 0.154. The lowest BCUT2D eigenvalue weighted by atomic mass is 10.2. The fourth-order valence-corrected chi connectivity index (χ4v) is 1.86. The van der Waals surface area contributed by atoms with Gasteiger partial charge in [-0.2, -0.15) is 4.68 Å². The van der Waals surface area contributed by atoms with Gasteiger partial charge >= 0.3 is 0 Å². The molecule has 0 spiro atoms. The van der Waals surface area contributed by atoms with Crippen LogP contribution < -0.4 is 5.32 Å². The summed E-state index contributed by atoms with van der Waals surface area (Å²) in [6, 6.07) is 9.79. The van der Waals surface area contributed by atoms with E-state index in [2.05, 4.69) is 20.8 Å². The summed E-state index contributed by atoms with van der Waals surface area (Å²) in [6.45, 7) is 2.64. The number of aryl methyl sites for hydroxylation is 1. The van der Waals surface area contributed by atoms with Crippen LogP contribution in [0.4, 0.5) is 5.69 Å². The van der Waals surface area contributed by atoms with Crippen LogP contribution in [0.5, 0.6) is 0 Å². The van der Waals surface area contributed by atoms with E-state index in [1.165, 1.54) is 0 Å². The summed E-state index contributed by atoms with van der Waals surface area (Å²) in [5, 5.41) is 14.5. The molecule has 0 fully saturated rings. The van der Waals surface area contributed by atoms with Crippen molar-refractivity contribution >= 4 is 5.69 Å². The molecule has 0 amide bonds. The number of benzene rings is 1. The van der Waals surface area contributed by atoms with Crippen LogP contribution in [0.25, 0.3) is 5.69 Å². The minimum absolute atomic E-state index is 0.623. The largest absolute Gasteiger partial charge is 0.467 e. The number of anilines is 1. The second-order valence-electron chi connectivity index (χ2n) is 4.15. The minimum Gasteiger partial charge on any atom is -0.467 e. The molecule has 3 aromatic rings. The summed E-state index contributed by atoms with van der Waals surface area (Å²) < 4.78 is 7.03. The van der Waals surface area contributed by atoms with Gasteiger partial charge in [0.15, 0.2) is 0 Å². The van der Waals surface area contributed by atoms with Gasteiger partial charge in [-0.1, -0.05) is 12.1 Å². The molecule has 96 valence electrons. The van der Waals surface area contributed by atoms with E-state index in [0.29, 0.717) is 6.54 Å². The van der Waals surface area contributed by atoms with Gasteiger partial charge in [0, 0.05) is 0 Å². The standard InChI is InChI=1S/C13H13N5O/c1-10-6-7-19-13(10)8-14-11-4-2-3-5-12(11)18-9-15-16-17-18/h2-7,9,14H,8H2,1H3. The number of hydrogen-bond acceptors (Lipinski definition) is 5. The van der Waals surface area contributed by atoms with Gasteiger partial charge in [0.2, 0.25) is 0 Å². The predicted octanol–water partition coefficient (Wildman–Crippen LogP) is 2.18. The molecule has 0 atom stereocenters. The van der Waals surface area contributed by atoms with E-state index < -0.39 is 0 Å². The number of hydrogen-bond donors (Lipinski definition) is 1. The van der Waals surface area contributed by atoms with Crippen LogP contribution in [0.15, 0.2) is 47.3 Å². The maximum Gasteiger partial charge on any atom is 0.143 e. The molecule has 0 saturated heterocycles. The van der Waals surface area contributed by atoms with Crippen molar-refractivity contribution in [2.45, 2.75) is 13.5 Å². The summed E-state index contributed by atoms with van der Waals surface area (Å²) in [6.07, 6.45) is 3.26. The second-order valence-corrected chi connectivity index (χ2v) is 4.15. The number of nitrogens with zero attached hydrogens (tertiary/aromatic N) is 4. The lowest BCUT2D eigenvalue weighted by Gasteiger charge is -2.10. The average Bonchev–Trinajstić information content (AvgIpc) is 3.08. The Kier molecular flexibility index (Phi) is 2.97. The van der Waals surface area contributed by atoms with Crippen molar-refractivity contribution in [3.05, 3.63) is 54.2 Å². The predicted molar refractivity (Wildman–Crippen MR) is 69.9 cm³/mol. The molecule has 1 N–H and O–H groups in total. The molecule has 6 nitrogen and oxygen atoms in total. The van der Waals surface area contributed by atoms with Gasteiger partial charge in [0.1, 0.15) is 12.1 Å². The van der Waals surface area contributed by atoms with E-state index >= 15 is 0 Å². The van der Waals surface area contributed by atoms with E-state index in [9.17, 15) is 0 Å². The van der Waals surface area contributed by atoms with Gasteiger partial charge in [0.25, 0.3) is 0 Å². The maximum absolute atomic E-state index is 5.41. The Bertz CT molecular complexity index is 659. The monoisotopic (exact) mass is 255 g/mol. The number of nitrogens with one attached hydrogen (secondary N) is 1. The fourth-order valence-electron chi connectivity index (χ4n) is 1.86. The zero-order chi connectivity index (χ0) is 13.1. The topological polar surface area (TPSA) is 68.8 Å². The lowest BCUT2D eigenvalue weighted by Crippen LogP contribution is -2.05. The first-order valence-electron chi connectivity index (χ1n) is 5.94. The molecule has 0 radical (unpaired) electrons. The molecule has 0 aliphatic carbocycles.